The standard InChI is InChI=1S/C25H27FN4O3/c1-17-20(16-27-30(17)22-9-5-4-8-21(22)26)25(32)28-19-11-13-29(14-12-19)24(31)15-18-7-3-6-10-23(18)33-2/h3-10,16,19H,11-15H2,1-2H3,(H,28,32). The summed E-state index contributed by atoms with van der Waals surface area (Å²) in [4.78, 5) is 27.4. The molecule has 1 N–H and O–H groups in total. The fourth-order valence-electron chi connectivity index (χ4n) is 4.16. The molecule has 7 nitrogen and oxygen atoms in total. The largest absolute Gasteiger partial charge is 0.496 e. The quantitative estimate of drug-likeness (QED) is 0.625. The van der Waals surface area contributed by atoms with Crippen LogP contribution in [0.5, 0.6) is 5.75 Å². The molecule has 8 heteroatoms. The molecule has 3 aromatic rings. The molecule has 0 bridgehead atoms. The third-order valence-electron chi connectivity index (χ3n) is 6.05. The molecule has 4 rings (SSSR count). The molecule has 172 valence electrons. The Kier molecular flexibility index (Phi) is 6.72. The van der Waals surface area contributed by atoms with Crippen molar-refractivity contribution < 1.29 is 18.7 Å². The second kappa shape index (κ2) is 9.85. The molecule has 0 aliphatic carbocycles. The van der Waals surface area contributed by atoms with Crippen LogP contribution in [-0.4, -0.2) is 52.7 Å². The number of nitrogens with zero attached hydrogens (tertiary/aromatic N) is 3. The van der Waals surface area contributed by atoms with E-state index in [2.05, 4.69) is 10.4 Å². The topological polar surface area (TPSA) is 76.5 Å². The number of carbonyl (C=O) groups is 2. The third-order valence-corrected chi connectivity index (χ3v) is 6.05. The zero-order chi connectivity index (χ0) is 23.4. The maximum absolute atomic E-state index is 14.1. The van der Waals surface area contributed by atoms with E-state index in [1.54, 1.807) is 32.2 Å². The van der Waals surface area contributed by atoms with Gasteiger partial charge < -0.3 is 15.0 Å². The Bertz CT molecular complexity index is 1150. The Balaban J connectivity index is 1.33. The van der Waals surface area contributed by atoms with Crippen LogP contribution in [0.15, 0.2) is 54.7 Å². The summed E-state index contributed by atoms with van der Waals surface area (Å²) in [7, 11) is 1.60. The molecule has 2 heterocycles. The number of aromatic nitrogens is 2. The van der Waals surface area contributed by atoms with E-state index >= 15 is 0 Å². The van der Waals surface area contributed by atoms with Gasteiger partial charge in [-0.3, -0.25) is 9.59 Å². The summed E-state index contributed by atoms with van der Waals surface area (Å²) in [5.74, 6) is 0.111. The van der Waals surface area contributed by atoms with E-state index in [-0.39, 0.29) is 24.3 Å². The van der Waals surface area contributed by atoms with E-state index < -0.39 is 5.82 Å². The number of halogens is 1. The Morgan fingerprint density at radius 1 is 1.12 bits per heavy atom. The van der Waals surface area contributed by atoms with Gasteiger partial charge in [-0.25, -0.2) is 9.07 Å². The minimum Gasteiger partial charge on any atom is -0.496 e. The average molecular weight is 451 g/mol. The summed E-state index contributed by atoms with van der Waals surface area (Å²) in [6, 6.07) is 13.8. The van der Waals surface area contributed by atoms with Crippen LogP contribution in [-0.2, 0) is 11.2 Å². The lowest BCUT2D eigenvalue weighted by atomic mass is 10.0. The second-order valence-corrected chi connectivity index (χ2v) is 8.12. The van der Waals surface area contributed by atoms with Gasteiger partial charge in [-0.15, -0.1) is 0 Å². The molecule has 1 saturated heterocycles. The summed E-state index contributed by atoms with van der Waals surface area (Å²) in [6.45, 7) is 2.90. The van der Waals surface area contributed by atoms with Crippen LogP contribution in [0.1, 0.15) is 34.5 Å². The highest BCUT2D eigenvalue weighted by molar-refractivity contribution is 5.95. The smallest absolute Gasteiger partial charge is 0.254 e. The van der Waals surface area contributed by atoms with Gasteiger partial charge in [0.2, 0.25) is 5.91 Å². The van der Waals surface area contributed by atoms with Crippen molar-refractivity contribution in [1.82, 2.24) is 20.0 Å². The lowest BCUT2D eigenvalue weighted by Gasteiger charge is -2.32. The summed E-state index contributed by atoms with van der Waals surface area (Å²) < 4.78 is 20.9. The Hall–Kier alpha value is -3.68. The molecule has 1 aliphatic heterocycles. The molecule has 0 atom stereocenters. The molecule has 33 heavy (non-hydrogen) atoms. The number of para-hydroxylation sites is 2. The number of carbonyl (C=O) groups excluding carboxylic acids is 2. The van der Waals surface area contributed by atoms with Gasteiger partial charge in [0.15, 0.2) is 0 Å². The SMILES string of the molecule is COc1ccccc1CC(=O)N1CCC(NC(=O)c2cnn(-c3ccccc3F)c2C)CC1. The Morgan fingerprint density at radius 3 is 2.55 bits per heavy atom. The van der Waals surface area contributed by atoms with Crippen molar-refractivity contribution in [2.45, 2.75) is 32.2 Å². The predicted molar refractivity (Wildman–Crippen MR) is 122 cm³/mol. The van der Waals surface area contributed by atoms with Crippen LogP contribution in [0.4, 0.5) is 4.39 Å². The van der Waals surface area contributed by atoms with Crippen molar-refractivity contribution in [3.8, 4) is 11.4 Å². The van der Waals surface area contributed by atoms with Crippen LogP contribution in [0.2, 0.25) is 0 Å². The van der Waals surface area contributed by atoms with E-state index in [1.165, 1.54) is 16.9 Å². The number of rotatable bonds is 6. The van der Waals surface area contributed by atoms with Gasteiger partial charge in [0, 0.05) is 24.7 Å². The fraction of sp³-hybridized carbons (Fsp3) is 0.320. The molecular formula is C25H27FN4O3. The minimum absolute atomic E-state index is 0.0379. The van der Waals surface area contributed by atoms with Crippen molar-refractivity contribution in [2.24, 2.45) is 0 Å². The number of hydrogen-bond donors (Lipinski definition) is 1. The summed E-state index contributed by atoms with van der Waals surface area (Å²) in [6.07, 6.45) is 3.09. The Labute approximate surface area is 192 Å². The summed E-state index contributed by atoms with van der Waals surface area (Å²) in [5.41, 5.74) is 2.15. The summed E-state index contributed by atoms with van der Waals surface area (Å²) in [5, 5.41) is 7.24. The van der Waals surface area contributed by atoms with Gasteiger partial charge in [0.05, 0.1) is 31.0 Å². The highest BCUT2D eigenvalue weighted by Crippen LogP contribution is 2.21. The highest BCUT2D eigenvalue weighted by Gasteiger charge is 2.26. The van der Waals surface area contributed by atoms with Crippen molar-refractivity contribution in [2.75, 3.05) is 20.2 Å². The number of methoxy groups -OCH3 is 1. The molecular weight excluding hydrogens is 423 g/mol. The fourth-order valence-corrected chi connectivity index (χ4v) is 4.16. The number of hydrogen-bond acceptors (Lipinski definition) is 4. The zero-order valence-electron chi connectivity index (χ0n) is 18.8. The Morgan fingerprint density at radius 2 is 1.82 bits per heavy atom. The van der Waals surface area contributed by atoms with Crippen LogP contribution >= 0.6 is 0 Å². The first-order valence-corrected chi connectivity index (χ1v) is 11.0. The maximum atomic E-state index is 14.1. The maximum Gasteiger partial charge on any atom is 0.254 e. The first-order chi connectivity index (χ1) is 16.0. The predicted octanol–water partition coefficient (Wildman–Crippen LogP) is 3.29. The number of likely N-dealkylation sites (tertiary alicyclic amines) is 1. The number of ether oxygens (including phenoxy) is 1. The number of amides is 2. The molecule has 2 aromatic carbocycles. The van der Waals surface area contributed by atoms with Crippen molar-refractivity contribution in [3.63, 3.8) is 0 Å². The average Bonchev–Trinajstić information content (AvgIpc) is 3.21. The van der Waals surface area contributed by atoms with E-state index in [1.807, 2.05) is 29.2 Å². The number of piperidine rings is 1. The van der Waals surface area contributed by atoms with Crippen molar-refractivity contribution in [1.29, 1.82) is 0 Å². The van der Waals surface area contributed by atoms with E-state index in [9.17, 15) is 14.0 Å². The zero-order valence-corrected chi connectivity index (χ0v) is 18.8. The van der Waals surface area contributed by atoms with Crippen LogP contribution in [0.25, 0.3) is 5.69 Å². The van der Waals surface area contributed by atoms with Gasteiger partial charge >= 0.3 is 0 Å². The third kappa shape index (κ3) is 4.89. The lowest BCUT2D eigenvalue weighted by Crippen LogP contribution is -2.47. The van der Waals surface area contributed by atoms with Gasteiger partial charge in [-0.05, 0) is 38.0 Å². The first kappa shape index (κ1) is 22.5. The van der Waals surface area contributed by atoms with Gasteiger partial charge in [0.1, 0.15) is 17.3 Å². The number of benzene rings is 2. The number of nitrogens with one attached hydrogen (secondary N) is 1. The summed E-state index contributed by atoms with van der Waals surface area (Å²) >= 11 is 0. The van der Waals surface area contributed by atoms with Crippen molar-refractivity contribution >= 4 is 11.8 Å². The molecule has 1 fully saturated rings. The molecule has 0 unspecified atom stereocenters. The van der Waals surface area contributed by atoms with Crippen molar-refractivity contribution in [3.05, 3.63) is 77.4 Å². The van der Waals surface area contributed by atoms with Crippen LogP contribution in [0, 0.1) is 12.7 Å². The second-order valence-electron chi connectivity index (χ2n) is 8.12. The lowest BCUT2D eigenvalue weighted by molar-refractivity contribution is -0.131. The van der Waals surface area contributed by atoms with Gasteiger partial charge in [-0.1, -0.05) is 30.3 Å². The van der Waals surface area contributed by atoms with Gasteiger partial charge in [-0.2, -0.15) is 5.10 Å². The molecule has 0 saturated carbocycles. The van der Waals surface area contributed by atoms with E-state index in [0.29, 0.717) is 48.6 Å². The van der Waals surface area contributed by atoms with Gasteiger partial charge in [0.25, 0.3) is 5.91 Å². The molecule has 0 spiro atoms. The monoisotopic (exact) mass is 450 g/mol. The van der Waals surface area contributed by atoms with E-state index in [0.717, 1.165) is 5.56 Å². The highest BCUT2D eigenvalue weighted by atomic mass is 19.1. The van der Waals surface area contributed by atoms with Crippen LogP contribution < -0.4 is 10.1 Å². The molecule has 1 aromatic heterocycles. The molecule has 2 amide bonds. The molecule has 1 aliphatic rings. The van der Waals surface area contributed by atoms with E-state index in [4.69, 9.17) is 4.74 Å². The first-order valence-electron chi connectivity index (χ1n) is 11.0. The molecule has 0 radical (unpaired) electrons. The van der Waals surface area contributed by atoms with Crippen LogP contribution in [0.3, 0.4) is 0 Å². The normalized spacial score (nSPS) is 14.2. The minimum atomic E-state index is -0.402.